The molecule has 0 N–H and O–H groups in total. The molecule has 1 aromatic carbocycles. The summed E-state index contributed by atoms with van der Waals surface area (Å²) in [4.78, 5) is 0. The lowest BCUT2D eigenvalue weighted by atomic mass is 10.2. The minimum Gasteiger partial charge on any atom is -0.0913 e. The Kier molecular flexibility index (Phi) is 3.70. The van der Waals surface area contributed by atoms with Gasteiger partial charge in [-0.3, -0.25) is 0 Å². The van der Waals surface area contributed by atoms with Gasteiger partial charge < -0.3 is 0 Å². The monoisotopic (exact) mass is 206 g/mol. The molecule has 0 saturated carbocycles. The molecule has 0 spiro atoms. The maximum atomic E-state index is 7.49. The van der Waals surface area contributed by atoms with Gasteiger partial charge in [-0.05, 0) is 12.2 Å². The number of hydrogen-bond donors (Lipinski definition) is 0. The number of benzene rings is 1. The largest absolute Gasteiger partial charge is 0.0913 e. The highest BCUT2D eigenvalue weighted by Crippen LogP contribution is 2.60. The Morgan fingerprint density at radius 2 is 2.18 bits per heavy atom. The smallest absolute Gasteiger partial charge is 0.0637 e. The number of rotatable bonds is 3. The maximum Gasteiger partial charge on any atom is 0.0637 e. The van der Waals surface area contributed by atoms with Crippen LogP contribution in [0.25, 0.3) is 0 Å². The van der Waals surface area contributed by atoms with Crippen LogP contribution in [-0.4, -0.2) is 7.94 Å². The van der Waals surface area contributed by atoms with Gasteiger partial charge in [-0.2, -0.15) is 0 Å². The van der Waals surface area contributed by atoms with Crippen molar-refractivity contribution in [3.05, 3.63) is 35.9 Å². The van der Waals surface area contributed by atoms with E-state index < -0.39 is 15.2 Å². The van der Waals surface area contributed by atoms with Crippen LogP contribution in [0.1, 0.15) is 5.56 Å². The first-order chi connectivity index (χ1) is 5.70. The zero-order chi connectivity index (χ0) is 8.97. The average Bonchev–Trinajstić information content (AvgIpc) is 2.06. The molecule has 0 aliphatic rings. The molecule has 0 nitrogen and oxygen atoms in total. The molecule has 0 aromatic heterocycles. The Hall–Kier alpha value is 0.370. The van der Waals surface area contributed by atoms with E-state index in [2.05, 4.69) is 12.1 Å². The predicted octanol–water partition coefficient (Wildman–Crippen LogP) is 4.05. The van der Waals surface area contributed by atoms with E-state index in [9.17, 15) is 0 Å². The molecule has 0 fully saturated rings. The molecule has 0 radical (unpaired) electrons. The molecule has 0 aliphatic carbocycles. The normalized spacial score (nSPS) is 17.1. The summed E-state index contributed by atoms with van der Waals surface area (Å²) in [6, 6.07) is 10.1. The second-order valence-corrected chi connectivity index (χ2v) is 8.15. The summed E-state index contributed by atoms with van der Waals surface area (Å²) in [5.74, 6) is 0. The molecule has 60 valence electrons. The highest BCUT2D eigenvalue weighted by molar-refractivity contribution is 8.32. The van der Waals surface area contributed by atoms with Crippen LogP contribution in [0.2, 0.25) is 0 Å². The second-order valence-electron chi connectivity index (χ2n) is 2.18. The van der Waals surface area contributed by atoms with Crippen molar-refractivity contribution in [3.63, 3.8) is 0 Å². The van der Waals surface area contributed by atoms with Crippen molar-refractivity contribution in [2.45, 2.75) is 6.16 Å². The van der Waals surface area contributed by atoms with Crippen molar-refractivity contribution in [1.29, 1.82) is 1.28 Å². The van der Waals surface area contributed by atoms with Gasteiger partial charge in [-0.25, -0.2) is 0 Å². The fraction of sp³-hybridized carbons (Fsp3) is 0.250. The Labute approximate surface area is 76.8 Å². The maximum absolute atomic E-state index is 7.49. The van der Waals surface area contributed by atoms with Crippen LogP contribution >= 0.6 is 26.4 Å². The number of hydrogen-bond acceptors (Lipinski definition) is 0. The Morgan fingerprint density at radius 1 is 1.55 bits per heavy atom. The molecule has 0 saturated heterocycles. The summed E-state index contributed by atoms with van der Waals surface area (Å²) in [6.45, 7) is 1.30. The van der Waals surface area contributed by atoms with E-state index in [4.69, 9.17) is 12.5 Å². The van der Waals surface area contributed by atoms with E-state index in [0.717, 1.165) is 6.16 Å². The van der Waals surface area contributed by atoms with Gasteiger partial charge in [-0.15, -0.1) is 0 Å². The van der Waals surface area contributed by atoms with Crippen LogP contribution in [0.4, 0.5) is 0 Å². The molecule has 1 aromatic rings. The third-order valence-electron chi connectivity index (χ3n) is 1.37. The Morgan fingerprint density at radius 3 is 2.73 bits per heavy atom. The third kappa shape index (κ3) is 3.52. The Bertz CT molecular complexity index is 228. The van der Waals surface area contributed by atoms with Crippen LogP contribution in [0.5, 0.6) is 0 Å². The molecule has 2 atom stereocenters. The van der Waals surface area contributed by atoms with Gasteiger partial charge in [0.2, 0.25) is 0 Å². The van der Waals surface area contributed by atoms with E-state index in [1.807, 2.05) is 24.9 Å². The minimum absolute atomic E-state index is 0.612. The zero-order valence-corrected chi connectivity index (χ0v) is 8.91. The molecule has 0 heterocycles. The van der Waals surface area contributed by atoms with Crippen LogP contribution in [0.3, 0.4) is 0 Å². The fourth-order valence-electron chi connectivity index (χ4n) is 0.805. The topological polar surface area (TPSA) is 0 Å². The quantitative estimate of drug-likeness (QED) is 0.655. The van der Waals surface area contributed by atoms with E-state index in [1.54, 1.807) is 0 Å². The van der Waals surface area contributed by atoms with Gasteiger partial charge in [-0.1, -0.05) is 49.8 Å². The van der Waals surface area contributed by atoms with Crippen LogP contribution in [-0.2, 0) is 6.16 Å². The summed E-state index contributed by atoms with van der Waals surface area (Å²) < 4.78 is 7.49. The first kappa shape index (κ1) is 7.99. The van der Waals surface area contributed by atoms with E-state index in [-0.39, 0.29) is 0 Å². The first-order valence-corrected chi connectivity index (χ1v) is 7.88. The van der Waals surface area contributed by atoms with Crippen molar-refractivity contribution < 1.29 is 0 Å². The van der Waals surface area contributed by atoms with Gasteiger partial charge in [0.1, 0.15) is 0 Å². The standard InChI is InChI=1S/C8H11ClP2/c1-10-11(9)7-8-5-3-2-4-6-8/h2-6,10H,7H2,1H3/i10T. The lowest BCUT2D eigenvalue weighted by Crippen LogP contribution is -1.75. The van der Waals surface area contributed by atoms with Crippen molar-refractivity contribution in [3.8, 4) is 0 Å². The summed E-state index contributed by atoms with van der Waals surface area (Å²) in [6.07, 6.45) is 0.878. The highest BCUT2D eigenvalue weighted by Gasteiger charge is 2.00. The molecule has 0 bridgehead atoms. The van der Waals surface area contributed by atoms with E-state index >= 15 is 0 Å². The van der Waals surface area contributed by atoms with Gasteiger partial charge in [0.25, 0.3) is 0 Å². The third-order valence-corrected chi connectivity index (χ3v) is 5.88. The molecular formula is C8H11ClP2. The minimum atomic E-state index is -0.705. The lowest BCUT2D eigenvalue weighted by molar-refractivity contribution is 1.42. The van der Waals surface area contributed by atoms with Crippen molar-refractivity contribution in [2.24, 2.45) is 0 Å². The van der Waals surface area contributed by atoms with Gasteiger partial charge >= 0.3 is 0 Å². The molecular weight excluding hydrogens is 193 g/mol. The molecule has 1 rings (SSSR count). The van der Waals surface area contributed by atoms with Crippen LogP contribution in [0.15, 0.2) is 30.3 Å². The van der Waals surface area contributed by atoms with Crippen LogP contribution < -0.4 is 0 Å². The molecule has 0 aliphatic heterocycles. The van der Waals surface area contributed by atoms with Crippen molar-refractivity contribution >= 4 is 26.4 Å². The van der Waals surface area contributed by atoms with Gasteiger partial charge in [0, 0.05) is 13.1 Å². The predicted molar refractivity (Wildman–Crippen MR) is 57.2 cm³/mol. The van der Waals surface area contributed by atoms with Gasteiger partial charge in [0.05, 0.1) is 1.28 Å². The van der Waals surface area contributed by atoms with E-state index in [0.29, 0.717) is 0 Å². The fourth-order valence-corrected chi connectivity index (χ4v) is 2.79. The van der Waals surface area contributed by atoms with Crippen molar-refractivity contribution in [2.75, 3.05) is 6.66 Å². The summed E-state index contributed by atoms with van der Waals surface area (Å²) >= 11 is 6.06. The van der Waals surface area contributed by atoms with Crippen molar-refractivity contribution in [1.82, 2.24) is 0 Å². The van der Waals surface area contributed by atoms with Crippen LogP contribution in [0, 0.1) is 0 Å². The summed E-state index contributed by atoms with van der Waals surface area (Å²) in [7, 11) is -0.705. The summed E-state index contributed by atoms with van der Waals surface area (Å²) in [5.41, 5.74) is 1.25. The zero-order valence-electron chi connectivity index (χ0n) is 7.37. The first-order valence-electron chi connectivity index (χ1n) is 3.84. The lowest BCUT2D eigenvalue weighted by Gasteiger charge is -2.05. The van der Waals surface area contributed by atoms with E-state index in [1.165, 1.54) is 5.56 Å². The Balaban J connectivity index is 2.53. The SMILES string of the molecule is [3H]P(C)P(Cl)Cc1ccccc1. The average molecular weight is 207 g/mol. The molecule has 11 heavy (non-hydrogen) atoms. The highest BCUT2D eigenvalue weighted by atomic mass is 35.7. The van der Waals surface area contributed by atoms with Gasteiger partial charge in [0.15, 0.2) is 0 Å². The molecule has 0 amide bonds. The molecule has 2 unspecified atom stereocenters. The second kappa shape index (κ2) is 5.09. The summed E-state index contributed by atoms with van der Waals surface area (Å²) in [5, 5.41) is 0. The number of halogens is 1. The molecule has 3 heteroatoms.